The lowest BCUT2D eigenvalue weighted by molar-refractivity contribution is -0.310. The molecule has 0 radical (unpaired) electrons. The molecule has 4 N–H and O–H groups in total. The van der Waals surface area contributed by atoms with Crippen molar-refractivity contribution >= 4 is 0 Å². The van der Waals surface area contributed by atoms with Gasteiger partial charge in [0.2, 0.25) is 5.79 Å². The van der Waals surface area contributed by atoms with E-state index in [-0.39, 0.29) is 0 Å². The van der Waals surface area contributed by atoms with E-state index in [1.165, 1.54) is 14.0 Å². The standard InChI is InChI=1S/C8H18O6/c1-5(10)7(11)8(12,14-3)6(4-9)13-2/h5-7,9-12H,4H2,1-3H3. The minimum Gasteiger partial charge on any atom is -0.393 e. The third-order valence-electron chi connectivity index (χ3n) is 2.12. The largest absolute Gasteiger partial charge is 0.393 e. The van der Waals surface area contributed by atoms with Gasteiger partial charge in [0.15, 0.2) is 0 Å². The monoisotopic (exact) mass is 210 g/mol. The summed E-state index contributed by atoms with van der Waals surface area (Å²) in [7, 11) is 2.40. The molecule has 0 heterocycles. The Morgan fingerprint density at radius 2 is 1.79 bits per heavy atom. The number of aliphatic hydroxyl groups excluding tert-OH is 3. The van der Waals surface area contributed by atoms with E-state index >= 15 is 0 Å². The predicted octanol–water partition coefficient (Wildman–Crippen LogP) is -1.93. The quantitative estimate of drug-likeness (QED) is 0.381. The summed E-state index contributed by atoms with van der Waals surface area (Å²) in [6, 6.07) is 0. The van der Waals surface area contributed by atoms with Crippen LogP contribution in [-0.2, 0) is 9.47 Å². The van der Waals surface area contributed by atoms with Gasteiger partial charge in [-0.05, 0) is 6.92 Å². The number of hydrogen-bond donors (Lipinski definition) is 4. The van der Waals surface area contributed by atoms with Crippen LogP contribution in [-0.4, -0.2) is 65.4 Å². The predicted molar refractivity (Wildman–Crippen MR) is 47.5 cm³/mol. The molecule has 4 atom stereocenters. The first-order valence-electron chi connectivity index (χ1n) is 4.21. The molecular formula is C8H18O6. The van der Waals surface area contributed by atoms with Gasteiger partial charge in [0.05, 0.1) is 12.7 Å². The second kappa shape index (κ2) is 5.59. The molecule has 6 heteroatoms. The molecule has 0 saturated carbocycles. The van der Waals surface area contributed by atoms with Crippen molar-refractivity contribution in [1.29, 1.82) is 0 Å². The van der Waals surface area contributed by atoms with Gasteiger partial charge >= 0.3 is 0 Å². The Bertz CT molecular complexity index is 154. The van der Waals surface area contributed by atoms with Gasteiger partial charge in [0.1, 0.15) is 12.2 Å². The maximum absolute atomic E-state index is 9.80. The van der Waals surface area contributed by atoms with Crippen molar-refractivity contribution in [3.63, 3.8) is 0 Å². The van der Waals surface area contributed by atoms with Crippen molar-refractivity contribution in [3.8, 4) is 0 Å². The fraction of sp³-hybridized carbons (Fsp3) is 1.00. The van der Waals surface area contributed by atoms with E-state index in [1.54, 1.807) is 0 Å². The SMILES string of the molecule is COC(CO)C(O)(OC)C(O)C(C)O. The Labute approximate surface area is 82.7 Å². The van der Waals surface area contributed by atoms with Gasteiger partial charge in [-0.15, -0.1) is 0 Å². The first-order valence-corrected chi connectivity index (χ1v) is 4.21. The van der Waals surface area contributed by atoms with E-state index in [1.807, 2.05) is 0 Å². The number of rotatable bonds is 6. The van der Waals surface area contributed by atoms with Crippen LogP contribution in [0.2, 0.25) is 0 Å². The van der Waals surface area contributed by atoms with Gasteiger partial charge in [0, 0.05) is 14.2 Å². The summed E-state index contributed by atoms with van der Waals surface area (Å²) in [6.45, 7) is 0.753. The average Bonchev–Trinajstić information content (AvgIpc) is 2.17. The molecule has 0 aromatic rings. The molecule has 0 spiro atoms. The molecule has 0 aromatic carbocycles. The van der Waals surface area contributed by atoms with Gasteiger partial charge in [-0.25, -0.2) is 0 Å². The van der Waals surface area contributed by atoms with Gasteiger partial charge in [-0.2, -0.15) is 0 Å². The van der Waals surface area contributed by atoms with E-state index in [2.05, 4.69) is 4.74 Å². The Morgan fingerprint density at radius 3 is 2.00 bits per heavy atom. The maximum Gasteiger partial charge on any atom is 0.223 e. The van der Waals surface area contributed by atoms with Crippen molar-refractivity contribution in [2.45, 2.75) is 31.0 Å². The smallest absolute Gasteiger partial charge is 0.223 e. The van der Waals surface area contributed by atoms with Crippen LogP contribution in [0.25, 0.3) is 0 Å². The van der Waals surface area contributed by atoms with Crippen LogP contribution >= 0.6 is 0 Å². The molecule has 6 nitrogen and oxygen atoms in total. The third kappa shape index (κ3) is 2.63. The van der Waals surface area contributed by atoms with Gasteiger partial charge in [0.25, 0.3) is 0 Å². The molecule has 4 unspecified atom stereocenters. The highest BCUT2D eigenvalue weighted by atomic mass is 16.7. The first kappa shape index (κ1) is 13.8. The van der Waals surface area contributed by atoms with Crippen LogP contribution in [0.4, 0.5) is 0 Å². The zero-order valence-corrected chi connectivity index (χ0v) is 8.54. The lowest BCUT2D eigenvalue weighted by Crippen LogP contribution is -2.59. The van der Waals surface area contributed by atoms with Crippen molar-refractivity contribution in [1.82, 2.24) is 0 Å². The highest BCUT2D eigenvalue weighted by Crippen LogP contribution is 2.21. The van der Waals surface area contributed by atoms with Crippen LogP contribution in [0.5, 0.6) is 0 Å². The number of hydrogen-bond acceptors (Lipinski definition) is 6. The fourth-order valence-electron chi connectivity index (χ4n) is 1.16. The van der Waals surface area contributed by atoms with Gasteiger partial charge in [-0.1, -0.05) is 0 Å². The second-order valence-corrected chi connectivity index (χ2v) is 3.05. The maximum atomic E-state index is 9.80. The molecule has 0 saturated heterocycles. The third-order valence-corrected chi connectivity index (χ3v) is 2.12. The lowest BCUT2D eigenvalue weighted by Gasteiger charge is -2.37. The van der Waals surface area contributed by atoms with E-state index in [0.717, 1.165) is 7.11 Å². The van der Waals surface area contributed by atoms with Crippen LogP contribution in [0, 0.1) is 0 Å². The summed E-state index contributed by atoms with van der Waals surface area (Å²) in [5.41, 5.74) is 0. The van der Waals surface area contributed by atoms with Gasteiger partial charge < -0.3 is 29.9 Å². The highest BCUT2D eigenvalue weighted by molar-refractivity contribution is 4.88. The van der Waals surface area contributed by atoms with Crippen molar-refractivity contribution in [3.05, 3.63) is 0 Å². The Balaban J connectivity index is 4.75. The number of ether oxygens (including phenoxy) is 2. The van der Waals surface area contributed by atoms with Crippen molar-refractivity contribution in [2.24, 2.45) is 0 Å². The summed E-state index contributed by atoms with van der Waals surface area (Å²) in [5.74, 6) is -2.13. The molecule has 86 valence electrons. The molecule has 0 bridgehead atoms. The van der Waals surface area contributed by atoms with E-state index in [9.17, 15) is 10.2 Å². The summed E-state index contributed by atoms with van der Waals surface area (Å²) in [4.78, 5) is 0. The minimum atomic E-state index is -2.13. The Hall–Kier alpha value is -0.240. The molecule has 0 aliphatic carbocycles. The van der Waals surface area contributed by atoms with E-state index in [4.69, 9.17) is 14.9 Å². The zero-order valence-electron chi connectivity index (χ0n) is 8.54. The summed E-state index contributed by atoms with van der Waals surface area (Å²) in [5, 5.41) is 37.2. The first-order chi connectivity index (χ1) is 6.43. The Morgan fingerprint density at radius 1 is 1.29 bits per heavy atom. The molecule has 14 heavy (non-hydrogen) atoms. The molecule has 0 rings (SSSR count). The van der Waals surface area contributed by atoms with Gasteiger partial charge in [-0.3, -0.25) is 0 Å². The topological polar surface area (TPSA) is 99.4 Å². The zero-order chi connectivity index (χ0) is 11.4. The van der Waals surface area contributed by atoms with E-state index in [0.29, 0.717) is 0 Å². The van der Waals surface area contributed by atoms with Crippen LogP contribution in [0.3, 0.4) is 0 Å². The molecular weight excluding hydrogens is 192 g/mol. The molecule has 0 aromatic heterocycles. The van der Waals surface area contributed by atoms with Crippen molar-refractivity contribution in [2.75, 3.05) is 20.8 Å². The number of aliphatic hydroxyl groups is 4. The van der Waals surface area contributed by atoms with Crippen molar-refractivity contribution < 1.29 is 29.9 Å². The van der Waals surface area contributed by atoms with Crippen LogP contribution in [0.1, 0.15) is 6.92 Å². The van der Waals surface area contributed by atoms with Crippen LogP contribution < -0.4 is 0 Å². The van der Waals surface area contributed by atoms with E-state index < -0.39 is 30.7 Å². The highest BCUT2D eigenvalue weighted by Gasteiger charge is 2.46. The lowest BCUT2D eigenvalue weighted by atomic mass is 9.99. The molecule has 0 aliphatic heterocycles. The fourth-order valence-corrected chi connectivity index (χ4v) is 1.16. The molecule has 0 amide bonds. The van der Waals surface area contributed by atoms with Crippen LogP contribution in [0.15, 0.2) is 0 Å². The summed E-state index contributed by atoms with van der Waals surface area (Å²) < 4.78 is 9.40. The second-order valence-electron chi connectivity index (χ2n) is 3.05. The number of methoxy groups -OCH3 is 2. The average molecular weight is 210 g/mol. The normalized spacial score (nSPS) is 22.5. The molecule has 0 aliphatic rings. The Kier molecular flexibility index (Phi) is 5.50. The summed E-state index contributed by atoms with van der Waals surface area (Å²) in [6.07, 6.45) is -3.90. The minimum absolute atomic E-state index is 0.537. The summed E-state index contributed by atoms with van der Waals surface area (Å²) >= 11 is 0. The molecule has 0 fully saturated rings.